The summed E-state index contributed by atoms with van der Waals surface area (Å²) in [6.45, 7) is 0.398. The highest BCUT2D eigenvalue weighted by Crippen LogP contribution is 2.31. The Kier molecular flexibility index (Phi) is 4.84. The summed E-state index contributed by atoms with van der Waals surface area (Å²) in [6, 6.07) is 12.2. The van der Waals surface area contributed by atoms with Gasteiger partial charge in [0.25, 0.3) is 5.91 Å². The largest absolute Gasteiger partial charge is 0.486 e. The third kappa shape index (κ3) is 3.75. The van der Waals surface area contributed by atoms with Gasteiger partial charge < -0.3 is 19.5 Å². The van der Waals surface area contributed by atoms with Gasteiger partial charge in [0.2, 0.25) is 5.91 Å². The van der Waals surface area contributed by atoms with Crippen LogP contribution >= 0.6 is 0 Å². The zero-order valence-electron chi connectivity index (χ0n) is 15.0. The molecule has 0 spiro atoms. The first-order chi connectivity index (χ1) is 13.6. The van der Waals surface area contributed by atoms with Gasteiger partial charge in [-0.15, -0.1) is 0 Å². The number of carbonyl (C=O) groups excluding carboxylic acids is 3. The Labute approximate surface area is 161 Å². The highest BCUT2D eigenvalue weighted by Gasteiger charge is 2.27. The van der Waals surface area contributed by atoms with Crippen molar-refractivity contribution in [1.82, 2.24) is 0 Å². The molecule has 0 unspecified atom stereocenters. The molecule has 2 aliphatic heterocycles. The number of ether oxygens (including phenoxy) is 3. The zero-order chi connectivity index (χ0) is 19.5. The molecule has 0 bridgehead atoms. The summed E-state index contributed by atoms with van der Waals surface area (Å²) >= 11 is 0. The number of nitrogens with one attached hydrogen (secondary N) is 1. The lowest BCUT2D eigenvalue weighted by molar-refractivity contribution is -0.147. The molecular formula is C20H18N2O6. The van der Waals surface area contributed by atoms with E-state index in [9.17, 15) is 14.4 Å². The van der Waals surface area contributed by atoms with Gasteiger partial charge in [-0.05, 0) is 29.8 Å². The van der Waals surface area contributed by atoms with Gasteiger partial charge in [0.1, 0.15) is 19.8 Å². The van der Waals surface area contributed by atoms with Crippen LogP contribution in [0.4, 0.5) is 11.4 Å². The molecular weight excluding hydrogens is 364 g/mol. The second-order valence-electron chi connectivity index (χ2n) is 6.36. The fourth-order valence-corrected chi connectivity index (χ4v) is 3.09. The monoisotopic (exact) mass is 382 g/mol. The Morgan fingerprint density at radius 2 is 1.86 bits per heavy atom. The minimum absolute atomic E-state index is 0.000985. The molecule has 8 heteroatoms. The van der Waals surface area contributed by atoms with Crippen LogP contribution in [0.2, 0.25) is 0 Å². The highest BCUT2D eigenvalue weighted by molar-refractivity contribution is 6.10. The van der Waals surface area contributed by atoms with Gasteiger partial charge in [-0.3, -0.25) is 19.3 Å². The van der Waals surface area contributed by atoms with Crippen LogP contribution in [0.25, 0.3) is 0 Å². The fraction of sp³-hybridized carbons (Fsp3) is 0.250. The quantitative estimate of drug-likeness (QED) is 0.806. The van der Waals surface area contributed by atoms with Crippen molar-refractivity contribution in [1.29, 1.82) is 0 Å². The average molecular weight is 382 g/mol. The predicted octanol–water partition coefficient (Wildman–Crippen LogP) is 1.53. The van der Waals surface area contributed by atoms with E-state index in [1.165, 1.54) is 4.90 Å². The van der Waals surface area contributed by atoms with Crippen molar-refractivity contribution in [3.8, 4) is 11.5 Å². The van der Waals surface area contributed by atoms with Crippen molar-refractivity contribution in [2.24, 2.45) is 0 Å². The summed E-state index contributed by atoms with van der Waals surface area (Å²) in [5.41, 5.74) is 1.83. The van der Waals surface area contributed by atoms with Crippen LogP contribution < -0.4 is 19.7 Å². The average Bonchev–Trinajstić information content (AvgIpc) is 2.71. The van der Waals surface area contributed by atoms with Gasteiger partial charge in [-0.2, -0.15) is 0 Å². The topological polar surface area (TPSA) is 94.2 Å². The van der Waals surface area contributed by atoms with E-state index in [1.807, 2.05) is 0 Å². The van der Waals surface area contributed by atoms with E-state index in [0.29, 0.717) is 41.7 Å². The Bertz CT molecular complexity index is 942. The summed E-state index contributed by atoms with van der Waals surface area (Å²) < 4.78 is 16.1. The minimum Gasteiger partial charge on any atom is -0.486 e. The van der Waals surface area contributed by atoms with Gasteiger partial charge in [0.15, 0.2) is 18.1 Å². The molecule has 2 aromatic carbocycles. The molecule has 0 radical (unpaired) electrons. The Hall–Kier alpha value is -3.55. The molecule has 144 valence electrons. The molecule has 0 fully saturated rings. The maximum Gasteiger partial charge on any atom is 0.310 e. The van der Waals surface area contributed by atoms with Gasteiger partial charge in [0, 0.05) is 0 Å². The van der Waals surface area contributed by atoms with Gasteiger partial charge in [-0.1, -0.05) is 18.2 Å². The van der Waals surface area contributed by atoms with Gasteiger partial charge in [-0.25, -0.2) is 0 Å². The van der Waals surface area contributed by atoms with Crippen molar-refractivity contribution >= 4 is 29.2 Å². The van der Waals surface area contributed by atoms with Crippen LogP contribution in [-0.2, 0) is 25.5 Å². The molecule has 0 aliphatic carbocycles. The second-order valence-corrected chi connectivity index (χ2v) is 6.36. The number of benzene rings is 2. The SMILES string of the molecule is O=C1CN(C(=O)COC(=O)Cc2ccc3c(c2)OCCO3)c2ccccc2N1. The number of fused-ring (bicyclic) bond motifs is 2. The van der Waals surface area contributed by atoms with Crippen molar-refractivity contribution in [3.05, 3.63) is 48.0 Å². The normalized spacial score (nSPS) is 14.7. The molecule has 1 N–H and O–H groups in total. The molecule has 0 aromatic heterocycles. The summed E-state index contributed by atoms with van der Waals surface area (Å²) in [5.74, 6) is -0.0728. The Morgan fingerprint density at radius 1 is 1.07 bits per heavy atom. The Morgan fingerprint density at radius 3 is 2.71 bits per heavy atom. The van der Waals surface area contributed by atoms with Crippen molar-refractivity contribution < 1.29 is 28.6 Å². The number of rotatable bonds is 4. The van der Waals surface area contributed by atoms with E-state index < -0.39 is 18.5 Å². The van der Waals surface area contributed by atoms with Gasteiger partial charge >= 0.3 is 5.97 Å². The van der Waals surface area contributed by atoms with Crippen molar-refractivity contribution in [2.75, 3.05) is 36.6 Å². The molecule has 2 heterocycles. The number of amides is 2. The van der Waals surface area contributed by atoms with Crippen LogP contribution in [0.3, 0.4) is 0 Å². The third-order valence-corrected chi connectivity index (χ3v) is 4.38. The number of anilines is 2. The van der Waals surface area contributed by atoms with E-state index in [0.717, 1.165) is 0 Å². The summed E-state index contributed by atoms with van der Waals surface area (Å²) in [5, 5.41) is 2.70. The fourth-order valence-electron chi connectivity index (χ4n) is 3.09. The lowest BCUT2D eigenvalue weighted by atomic mass is 10.1. The van der Waals surface area contributed by atoms with Crippen LogP contribution in [-0.4, -0.2) is 44.1 Å². The number of esters is 1. The molecule has 28 heavy (non-hydrogen) atoms. The van der Waals surface area contributed by atoms with E-state index in [4.69, 9.17) is 14.2 Å². The van der Waals surface area contributed by atoms with E-state index in [2.05, 4.69) is 5.32 Å². The molecule has 0 atom stereocenters. The van der Waals surface area contributed by atoms with E-state index in [-0.39, 0.29) is 18.9 Å². The molecule has 4 rings (SSSR count). The number of para-hydroxylation sites is 2. The first kappa shape index (κ1) is 17.8. The minimum atomic E-state index is -0.542. The van der Waals surface area contributed by atoms with Gasteiger partial charge in [0.05, 0.1) is 17.8 Å². The maximum atomic E-state index is 12.5. The highest BCUT2D eigenvalue weighted by atomic mass is 16.6. The van der Waals surface area contributed by atoms with E-state index >= 15 is 0 Å². The third-order valence-electron chi connectivity index (χ3n) is 4.38. The summed E-state index contributed by atoms with van der Waals surface area (Å²) in [7, 11) is 0. The van der Waals surface area contributed by atoms with Crippen LogP contribution in [0, 0.1) is 0 Å². The smallest absolute Gasteiger partial charge is 0.310 e. The van der Waals surface area contributed by atoms with Crippen LogP contribution in [0.1, 0.15) is 5.56 Å². The lowest BCUT2D eigenvalue weighted by Crippen LogP contribution is -2.44. The zero-order valence-corrected chi connectivity index (χ0v) is 15.0. The van der Waals surface area contributed by atoms with E-state index in [1.54, 1.807) is 42.5 Å². The number of hydrogen-bond donors (Lipinski definition) is 1. The summed E-state index contributed by atoms with van der Waals surface area (Å²) in [6.07, 6.45) is 0.000985. The standard InChI is InChI=1S/C20H18N2O6/c23-18-11-22(15-4-2-1-3-14(15)21-18)19(24)12-28-20(25)10-13-5-6-16-17(9-13)27-8-7-26-16/h1-6,9H,7-8,10-12H2,(H,21,23). The number of carbonyl (C=O) groups is 3. The van der Waals surface area contributed by atoms with Crippen LogP contribution in [0.5, 0.6) is 11.5 Å². The molecule has 0 saturated carbocycles. The molecule has 2 amide bonds. The molecule has 2 aromatic rings. The molecule has 8 nitrogen and oxygen atoms in total. The molecule has 0 saturated heterocycles. The molecule has 2 aliphatic rings. The van der Waals surface area contributed by atoms with Crippen molar-refractivity contribution in [3.63, 3.8) is 0 Å². The number of hydrogen-bond acceptors (Lipinski definition) is 6. The second kappa shape index (κ2) is 7.59. The first-order valence-corrected chi connectivity index (χ1v) is 8.83. The number of nitrogens with zero attached hydrogens (tertiary/aromatic N) is 1. The Balaban J connectivity index is 1.36. The first-order valence-electron chi connectivity index (χ1n) is 8.83. The van der Waals surface area contributed by atoms with Crippen molar-refractivity contribution in [2.45, 2.75) is 6.42 Å². The van der Waals surface area contributed by atoms with Crippen LogP contribution in [0.15, 0.2) is 42.5 Å². The lowest BCUT2D eigenvalue weighted by Gasteiger charge is -2.28. The predicted molar refractivity (Wildman–Crippen MR) is 99.5 cm³/mol. The maximum absolute atomic E-state index is 12.5. The summed E-state index contributed by atoms with van der Waals surface area (Å²) in [4.78, 5) is 37.7.